The van der Waals surface area contributed by atoms with Gasteiger partial charge in [0, 0.05) is 24.2 Å². The summed E-state index contributed by atoms with van der Waals surface area (Å²) in [6.45, 7) is 3.39. The van der Waals surface area contributed by atoms with Crippen molar-refractivity contribution in [1.82, 2.24) is 10.6 Å². The minimum atomic E-state index is -0.106. The number of benzene rings is 2. The molecule has 0 atom stereocenters. The highest BCUT2D eigenvalue weighted by Gasteiger charge is 2.08. The predicted molar refractivity (Wildman–Crippen MR) is 101 cm³/mol. The number of unbranched alkanes of at least 4 members (excludes halogenated alkanes) is 1. The van der Waals surface area contributed by atoms with Crippen LogP contribution >= 0.6 is 0 Å². The molecule has 0 aliphatic carbocycles. The van der Waals surface area contributed by atoms with Crippen molar-refractivity contribution >= 4 is 11.8 Å². The first-order chi connectivity index (χ1) is 12.2. The van der Waals surface area contributed by atoms with E-state index < -0.39 is 0 Å². The molecule has 2 N–H and O–H groups in total. The molecule has 2 rings (SSSR count). The van der Waals surface area contributed by atoms with Crippen LogP contribution in [0.15, 0.2) is 54.6 Å². The summed E-state index contributed by atoms with van der Waals surface area (Å²) in [5.41, 5.74) is 2.43. The fraction of sp³-hybridized carbons (Fsp3) is 0.333. The summed E-state index contributed by atoms with van der Waals surface area (Å²) in [6.07, 6.45) is 3.85. The maximum atomic E-state index is 12.1. The van der Waals surface area contributed by atoms with Crippen LogP contribution in [0.2, 0.25) is 0 Å². The molecule has 0 fully saturated rings. The number of carbonyl (C=O) groups excluding carboxylic acids is 2. The molecule has 25 heavy (non-hydrogen) atoms. The summed E-state index contributed by atoms with van der Waals surface area (Å²) in [7, 11) is 0. The third-order valence-corrected chi connectivity index (χ3v) is 4.00. The molecule has 0 bridgehead atoms. The Bertz CT molecular complexity index is 666. The smallest absolute Gasteiger partial charge is 0.251 e. The van der Waals surface area contributed by atoms with Gasteiger partial charge >= 0.3 is 0 Å². The maximum absolute atomic E-state index is 12.1. The van der Waals surface area contributed by atoms with E-state index >= 15 is 0 Å². The van der Waals surface area contributed by atoms with E-state index in [1.807, 2.05) is 18.2 Å². The summed E-state index contributed by atoms with van der Waals surface area (Å²) in [6, 6.07) is 17.0. The number of amides is 2. The molecule has 0 aromatic heterocycles. The topological polar surface area (TPSA) is 58.2 Å². The van der Waals surface area contributed by atoms with Crippen LogP contribution in [0.25, 0.3) is 0 Å². The van der Waals surface area contributed by atoms with Crippen molar-refractivity contribution in [3.8, 4) is 0 Å². The number of aryl methyl sites for hydroxylation is 1. The van der Waals surface area contributed by atoms with Gasteiger partial charge in [-0.3, -0.25) is 9.59 Å². The fourth-order valence-corrected chi connectivity index (χ4v) is 2.49. The lowest BCUT2D eigenvalue weighted by Crippen LogP contribution is -2.26. The van der Waals surface area contributed by atoms with Gasteiger partial charge in [0.2, 0.25) is 0 Å². The molecule has 0 aliphatic rings. The first-order valence-corrected chi connectivity index (χ1v) is 8.91. The van der Waals surface area contributed by atoms with Crippen LogP contribution in [0.1, 0.15) is 52.5 Å². The first-order valence-electron chi connectivity index (χ1n) is 8.91. The molecule has 0 unspecified atom stereocenters. The highest BCUT2D eigenvalue weighted by atomic mass is 16.2. The van der Waals surface area contributed by atoms with Crippen LogP contribution in [0.5, 0.6) is 0 Å². The van der Waals surface area contributed by atoms with Gasteiger partial charge < -0.3 is 10.6 Å². The highest BCUT2D eigenvalue weighted by molar-refractivity contribution is 5.97. The van der Waals surface area contributed by atoms with E-state index in [0.29, 0.717) is 24.2 Å². The van der Waals surface area contributed by atoms with Crippen molar-refractivity contribution in [2.24, 2.45) is 0 Å². The van der Waals surface area contributed by atoms with Gasteiger partial charge in [-0.1, -0.05) is 43.7 Å². The van der Waals surface area contributed by atoms with Gasteiger partial charge in [0.1, 0.15) is 0 Å². The molecule has 0 radical (unpaired) electrons. The molecule has 4 heteroatoms. The summed E-state index contributed by atoms with van der Waals surface area (Å²) in [5.74, 6) is -0.200. The van der Waals surface area contributed by atoms with E-state index in [2.05, 4.69) is 29.7 Å². The Kier molecular flexibility index (Phi) is 7.70. The lowest BCUT2D eigenvalue weighted by Gasteiger charge is -2.07. The average Bonchev–Trinajstić information content (AvgIpc) is 2.66. The zero-order valence-electron chi connectivity index (χ0n) is 14.8. The molecular formula is C21H26N2O2. The number of hydrogen-bond acceptors (Lipinski definition) is 2. The van der Waals surface area contributed by atoms with Crippen molar-refractivity contribution in [2.75, 3.05) is 13.1 Å². The molecule has 2 amide bonds. The van der Waals surface area contributed by atoms with E-state index in [-0.39, 0.29) is 11.8 Å². The molecule has 132 valence electrons. The number of rotatable bonds is 9. The van der Waals surface area contributed by atoms with Crippen LogP contribution in [-0.2, 0) is 6.42 Å². The minimum Gasteiger partial charge on any atom is -0.352 e. The molecule has 0 heterocycles. The largest absolute Gasteiger partial charge is 0.352 e. The van der Waals surface area contributed by atoms with E-state index in [4.69, 9.17) is 0 Å². The zero-order valence-corrected chi connectivity index (χ0v) is 14.8. The Morgan fingerprint density at radius 1 is 0.760 bits per heavy atom. The second-order valence-electron chi connectivity index (χ2n) is 6.03. The molecule has 4 nitrogen and oxygen atoms in total. The van der Waals surface area contributed by atoms with Crippen LogP contribution in [-0.4, -0.2) is 24.9 Å². The van der Waals surface area contributed by atoms with Crippen molar-refractivity contribution in [1.29, 1.82) is 0 Å². The third-order valence-electron chi connectivity index (χ3n) is 4.00. The summed E-state index contributed by atoms with van der Waals surface area (Å²) in [5, 5.41) is 5.79. The third kappa shape index (κ3) is 6.42. The van der Waals surface area contributed by atoms with Crippen LogP contribution in [0.3, 0.4) is 0 Å². The second-order valence-corrected chi connectivity index (χ2v) is 6.03. The van der Waals surface area contributed by atoms with Crippen LogP contribution in [0, 0.1) is 0 Å². The van der Waals surface area contributed by atoms with Crippen LogP contribution in [0.4, 0.5) is 0 Å². The van der Waals surface area contributed by atoms with E-state index in [9.17, 15) is 9.59 Å². The van der Waals surface area contributed by atoms with Gasteiger partial charge in [0.15, 0.2) is 0 Å². The Hall–Kier alpha value is -2.62. The van der Waals surface area contributed by atoms with Gasteiger partial charge in [-0.05, 0) is 49.1 Å². The molecule has 0 aliphatic heterocycles. The first kappa shape index (κ1) is 18.7. The summed E-state index contributed by atoms with van der Waals surface area (Å²) >= 11 is 0. The molecule has 2 aromatic carbocycles. The maximum Gasteiger partial charge on any atom is 0.251 e. The Morgan fingerprint density at radius 3 is 1.80 bits per heavy atom. The standard InChI is InChI=1S/C21H26N2O2/c1-2-3-15-22-20(24)18-11-13-19(14-12-18)21(25)23-16-7-10-17-8-5-4-6-9-17/h4-6,8-9,11-14H,2-3,7,10,15-16H2,1H3,(H,22,24)(H,23,25). The Morgan fingerprint density at radius 2 is 1.28 bits per heavy atom. The molecule has 2 aromatic rings. The zero-order chi connectivity index (χ0) is 17.9. The normalized spacial score (nSPS) is 10.3. The molecular weight excluding hydrogens is 312 g/mol. The Labute approximate surface area is 149 Å². The number of hydrogen-bond donors (Lipinski definition) is 2. The molecule has 0 spiro atoms. The summed E-state index contributed by atoms with van der Waals surface area (Å²) in [4.78, 5) is 24.1. The van der Waals surface area contributed by atoms with Crippen LogP contribution < -0.4 is 10.6 Å². The van der Waals surface area contributed by atoms with Crippen molar-refractivity contribution in [2.45, 2.75) is 32.6 Å². The average molecular weight is 338 g/mol. The fourth-order valence-electron chi connectivity index (χ4n) is 2.49. The molecule has 0 saturated heterocycles. The van der Waals surface area contributed by atoms with Gasteiger partial charge in [-0.15, -0.1) is 0 Å². The van der Waals surface area contributed by atoms with E-state index in [1.54, 1.807) is 24.3 Å². The highest BCUT2D eigenvalue weighted by Crippen LogP contribution is 2.05. The van der Waals surface area contributed by atoms with Gasteiger partial charge in [0.25, 0.3) is 11.8 Å². The lowest BCUT2D eigenvalue weighted by molar-refractivity contribution is 0.0941. The van der Waals surface area contributed by atoms with Gasteiger partial charge in [-0.25, -0.2) is 0 Å². The monoisotopic (exact) mass is 338 g/mol. The van der Waals surface area contributed by atoms with Gasteiger partial charge in [-0.2, -0.15) is 0 Å². The van der Waals surface area contributed by atoms with E-state index in [0.717, 1.165) is 25.7 Å². The predicted octanol–water partition coefficient (Wildman–Crippen LogP) is 3.58. The number of carbonyl (C=O) groups is 2. The number of nitrogens with one attached hydrogen (secondary N) is 2. The SMILES string of the molecule is CCCCNC(=O)c1ccc(C(=O)NCCCc2ccccc2)cc1. The quantitative estimate of drug-likeness (QED) is 0.687. The lowest BCUT2D eigenvalue weighted by atomic mass is 10.1. The summed E-state index contributed by atoms with van der Waals surface area (Å²) < 4.78 is 0. The Balaban J connectivity index is 1.75. The second kappa shape index (κ2) is 10.3. The van der Waals surface area contributed by atoms with E-state index in [1.165, 1.54) is 5.56 Å². The van der Waals surface area contributed by atoms with Crippen molar-refractivity contribution in [3.05, 3.63) is 71.3 Å². The van der Waals surface area contributed by atoms with Crippen molar-refractivity contribution < 1.29 is 9.59 Å². The van der Waals surface area contributed by atoms with Crippen molar-refractivity contribution in [3.63, 3.8) is 0 Å². The molecule has 0 saturated carbocycles. The minimum absolute atomic E-state index is 0.0942. The van der Waals surface area contributed by atoms with Gasteiger partial charge in [0.05, 0.1) is 0 Å².